The number of carbonyl (C=O) groups excluding carboxylic acids is 3. The van der Waals surface area contributed by atoms with Gasteiger partial charge in [0, 0.05) is 12.3 Å². The third kappa shape index (κ3) is 14.0. The summed E-state index contributed by atoms with van der Waals surface area (Å²) in [7, 11) is 0. The van der Waals surface area contributed by atoms with Crippen LogP contribution in [0.15, 0.2) is 4.99 Å². The molecule has 0 aromatic heterocycles. The highest BCUT2D eigenvalue weighted by Gasteiger charge is 2.31. The van der Waals surface area contributed by atoms with Crippen molar-refractivity contribution in [2.75, 3.05) is 18.8 Å². The Morgan fingerprint density at radius 1 is 0.829 bits per heavy atom. The molecule has 0 radical (unpaired) electrons. The fourth-order valence-electron chi connectivity index (χ4n) is 2.81. The highest BCUT2D eigenvalue weighted by Crippen LogP contribution is 2.06. The minimum absolute atomic E-state index is 0.00656. The number of aliphatic carboxylic acids is 2. The standard InChI is InChI=1S/C19H36N8O7S/c20-6-2-1-4-12(18(33)34)26-16(31)11(5-3-7-24-19(22)23)25-17(32)13(8-14(28)29)27-15(30)10(21)9-35/h10-13,35H,1-9,20-21H2,(H,25,32)(H,26,31)(H,27,30)(H,28,29)(H,33,34)(H4,22,23,24). The van der Waals surface area contributed by atoms with Gasteiger partial charge in [-0.25, -0.2) is 4.79 Å². The predicted molar refractivity (Wildman–Crippen MR) is 130 cm³/mol. The molecule has 15 nitrogen and oxygen atoms in total. The molecule has 0 rings (SSSR count). The highest BCUT2D eigenvalue weighted by molar-refractivity contribution is 7.80. The van der Waals surface area contributed by atoms with E-state index in [1.165, 1.54) is 0 Å². The van der Waals surface area contributed by atoms with E-state index in [4.69, 9.17) is 28.0 Å². The quantitative estimate of drug-likeness (QED) is 0.0365. The number of unbranched alkanes of at least 4 members (excludes halogenated alkanes) is 1. The van der Waals surface area contributed by atoms with E-state index in [9.17, 15) is 29.1 Å². The molecule has 3 amide bonds. The Balaban J connectivity index is 5.57. The van der Waals surface area contributed by atoms with Crippen molar-refractivity contribution >= 4 is 48.2 Å². The van der Waals surface area contributed by atoms with E-state index in [2.05, 4.69) is 33.6 Å². The summed E-state index contributed by atoms with van der Waals surface area (Å²) >= 11 is 3.88. The van der Waals surface area contributed by atoms with Crippen LogP contribution in [-0.2, 0) is 24.0 Å². The van der Waals surface area contributed by atoms with Gasteiger partial charge in [-0.15, -0.1) is 0 Å². The van der Waals surface area contributed by atoms with Gasteiger partial charge < -0.3 is 49.1 Å². The molecular formula is C19H36N8O7S. The molecule has 0 bridgehead atoms. The van der Waals surface area contributed by atoms with Crippen LogP contribution in [0, 0.1) is 0 Å². The Bertz CT molecular complexity index is 763. The van der Waals surface area contributed by atoms with E-state index in [0.717, 1.165) is 0 Å². The lowest BCUT2D eigenvalue weighted by atomic mass is 10.1. The maximum Gasteiger partial charge on any atom is 0.326 e. The third-order valence-electron chi connectivity index (χ3n) is 4.68. The fraction of sp³-hybridized carbons (Fsp3) is 0.684. The first-order chi connectivity index (χ1) is 16.4. The summed E-state index contributed by atoms with van der Waals surface area (Å²) in [5.41, 5.74) is 21.5. The van der Waals surface area contributed by atoms with E-state index < -0.39 is 60.2 Å². The Labute approximate surface area is 208 Å². The number of nitrogens with one attached hydrogen (secondary N) is 3. The molecule has 0 saturated carbocycles. The summed E-state index contributed by atoms with van der Waals surface area (Å²) in [6.07, 6.45) is 0.564. The molecule has 0 spiro atoms. The van der Waals surface area contributed by atoms with Gasteiger partial charge in [0.2, 0.25) is 17.7 Å². The molecule has 4 unspecified atom stereocenters. The number of carboxylic acids is 2. The lowest BCUT2D eigenvalue weighted by molar-refractivity contribution is -0.143. The maximum atomic E-state index is 12.8. The van der Waals surface area contributed by atoms with Crippen molar-refractivity contribution in [2.45, 2.75) is 62.7 Å². The molecular weight excluding hydrogens is 484 g/mol. The van der Waals surface area contributed by atoms with Gasteiger partial charge in [-0.1, -0.05) is 0 Å². The van der Waals surface area contributed by atoms with Crippen LogP contribution in [0.4, 0.5) is 0 Å². The molecule has 13 N–H and O–H groups in total. The van der Waals surface area contributed by atoms with Crippen LogP contribution in [0.3, 0.4) is 0 Å². The smallest absolute Gasteiger partial charge is 0.326 e. The topological polar surface area (TPSA) is 278 Å². The van der Waals surface area contributed by atoms with Crippen molar-refractivity contribution < 1.29 is 34.2 Å². The van der Waals surface area contributed by atoms with Crippen molar-refractivity contribution in [3.63, 3.8) is 0 Å². The van der Waals surface area contributed by atoms with Gasteiger partial charge in [0.15, 0.2) is 5.96 Å². The largest absolute Gasteiger partial charge is 0.481 e. The zero-order valence-electron chi connectivity index (χ0n) is 19.3. The number of rotatable bonds is 18. The Hall–Kier alpha value is -3.11. The summed E-state index contributed by atoms with van der Waals surface area (Å²) in [6.45, 7) is 0.476. The van der Waals surface area contributed by atoms with Crippen LogP contribution >= 0.6 is 12.6 Å². The van der Waals surface area contributed by atoms with E-state index in [0.29, 0.717) is 19.4 Å². The van der Waals surface area contributed by atoms with Gasteiger partial charge in [0.1, 0.15) is 18.1 Å². The number of hydrogen-bond acceptors (Lipinski definition) is 9. The van der Waals surface area contributed by atoms with Crippen molar-refractivity contribution in [3.8, 4) is 0 Å². The van der Waals surface area contributed by atoms with Crippen LogP contribution in [0.25, 0.3) is 0 Å². The molecule has 0 aliphatic carbocycles. The minimum Gasteiger partial charge on any atom is -0.481 e. The zero-order valence-corrected chi connectivity index (χ0v) is 20.2. The summed E-state index contributed by atoms with van der Waals surface area (Å²) in [6, 6.07) is -5.13. The van der Waals surface area contributed by atoms with Gasteiger partial charge in [0.25, 0.3) is 0 Å². The molecule has 0 aliphatic heterocycles. The Morgan fingerprint density at radius 2 is 1.37 bits per heavy atom. The van der Waals surface area contributed by atoms with Crippen LogP contribution < -0.4 is 38.9 Å². The van der Waals surface area contributed by atoms with Gasteiger partial charge in [-0.2, -0.15) is 12.6 Å². The van der Waals surface area contributed by atoms with Gasteiger partial charge in [-0.05, 0) is 38.6 Å². The number of nitrogens with two attached hydrogens (primary N) is 4. The average molecular weight is 521 g/mol. The second-order valence-corrected chi connectivity index (χ2v) is 8.01. The third-order valence-corrected chi connectivity index (χ3v) is 5.08. The number of carbonyl (C=O) groups is 5. The van der Waals surface area contributed by atoms with Gasteiger partial charge >= 0.3 is 11.9 Å². The lowest BCUT2D eigenvalue weighted by Gasteiger charge is -2.24. The molecule has 0 aliphatic rings. The first-order valence-corrected chi connectivity index (χ1v) is 11.5. The second-order valence-electron chi connectivity index (χ2n) is 7.64. The molecule has 0 saturated heterocycles. The van der Waals surface area contributed by atoms with Gasteiger partial charge in [-0.3, -0.25) is 24.2 Å². The van der Waals surface area contributed by atoms with E-state index in [1.54, 1.807) is 0 Å². The SMILES string of the molecule is NCCCCC(NC(=O)C(CCCN=C(N)N)NC(=O)C(CC(=O)O)NC(=O)C(N)CS)C(=O)O. The van der Waals surface area contributed by atoms with Crippen LogP contribution in [0.5, 0.6) is 0 Å². The Morgan fingerprint density at radius 3 is 1.89 bits per heavy atom. The van der Waals surface area contributed by atoms with E-state index in [-0.39, 0.29) is 37.5 Å². The molecule has 0 heterocycles. The molecule has 0 aromatic carbocycles. The highest BCUT2D eigenvalue weighted by atomic mass is 32.1. The molecule has 35 heavy (non-hydrogen) atoms. The maximum absolute atomic E-state index is 12.8. The number of aliphatic imine (C=N–C) groups is 1. The van der Waals surface area contributed by atoms with Crippen molar-refractivity contribution in [3.05, 3.63) is 0 Å². The van der Waals surface area contributed by atoms with Crippen molar-refractivity contribution in [1.82, 2.24) is 16.0 Å². The monoisotopic (exact) mass is 520 g/mol. The number of guanidine groups is 1. The predicted octanol–water partition coefficient (Wildman–Crippen LogP) is -3.56. The average Bonchev–Trinajstić information content (AvgIpc) is 2.78. The van der Waals surface area contributed by atoms with Crippen molar-refractivity contribution in [2.24, 2.45) is 27.9 Å². The number of thiol groups is 1. The molecule has 0 aromatic rings. The van der Waals surface area contributed by atoms with Crippen LogP contribution in [0.1, 0.15) is 38.5 Å². The Kier molecular flexibility index (Phi) is 15.8. The van der Waals surface area contributed by atoms with E-state index >= 15 is 0 Å². The molecule has 16 heteroatoms. The molecule has 0 fully saturated rings. The number of hydrogen-bond donors (Lipinski definition) is 10. The summed E-state index contributed by atoms with van der Waals surface area (Å²) < 4.78 is 0. The zero-order chi connectivity index (χ0) is 27.0. The van der Waals surface area contributed by atoms with Gasteiger partial charge in [0.05, 0.1) is 12.5 Å². The summed E-state index contributed by atoms with van der Waals surface area (Å²) in [4.78, 5) is 64.2. The first-order valence-electron chi connectivity index (χ1n) is 10.9. The molecule has 4 atom stereocenters. The summed E-state index contributed by atoms with van der Waals surface area (Å²) in [5.74, 6) is -5.46. The minimum atomic E-state index is -1.54. The van der Waals surface area contributed by atoms with Crippen LogP contribution in [0.2, 0.25) is 0 Å². The summed E-state index contributed by atoms with van der Waals surface area (Å²) in [5, 5.41) is 25.5. The molecule has 200 valence electrons. The first kappa shape index (κ1) is 31.9. The number of carboxylic acid groups (broad SMARTS) is 2. The number of amides is 3. The van der Waals surface area contributed by atoms with E-state index in [1.807, 2.05) is 0 Å². The second kappa shape index (κ2) is 17.3. The van der Waals surface area contributed by atoms with Crippen LogP contribution in [-0.4, -0.2) is 88.8 Å². The number of nitrogens with zero attached hydrogens (tertiary/aromatic N) is 1. The fourth-order valence-corrected chi connectivity index (χ4v) is 2.98. The normalized spacial score (nSPS) is 14.0. The van der Waals surface area contributed by atoms with Crippen molar-refractivity contribution in [1.29, 1.82) is 0 Å². The lowest BCUT2D eigenvalue weighted by Crippen LogP contribution is -2.57.